The average molecular weight is 885 g/mol. The highest BCUT2D eigenvalue weighted by Crippen LogP contribution is 2.44. The van der Waals surface area contributed by atoms with Crippen molar-refractivity contribution in [1.29, 1.82) is 0 Å². The van der Waals surface area contributed by atoms with Crippen molar-refractivity contribution in [3.63, 3.8) is 0 Å². The zero-order valence-electron chi connectivity index (χ0n) is 36.1. The Balaban J connectivity index is 1.47. The van der Waals surface area contributed by atoms with Gasteiger partial charge >= 0.3 is 0 Å². The van der Waals surface area contributed by atoms with Crippen molar-refractivity contribution in [2.75, 3.05) is 106 Å². The minimum Gasteiger partial charge on any atom is -0.394 e. The first-order valence-electron chi connectivity index (χ1n) is 22.4. The van der Waals surface area contributed by atoms with Crippen molar-refractivity contribution >= 4 is 34.0 Å². The highest BCUT2D eigenvalue weighted by atomic mass is 32.1. The van der Waals surface area contributed by atoms with Gasteiger partial charge in [0, 0.05) is 20.2 Å². The van der Waals surface area contributed by atoms with E-state index in [2.05, 4.69) is 35.2 Å². The summed E-state index contributed by atoms with van der Waals surface area (Å²) in [5.74, 6) is 0. The van der Waals surface area contributed by atoms with Crippen molar-refractivity contribution in [3.05, 3.63) is 45.0 Å². The second kappa shape index (κ2) is 37.3. The summed E-state index contributed by atoms with van der Waals surface area (Å²) in [5, 5.41) is 24.2. The normalized spacial score (nSPS) is 11.7. The van der Waals surface area contributed by atoms with Crippen LogP contribution in [-0.4, -0.2) is 116 Å². The Kier molecular flexibility index (Phi) is 32.9. The second-order valence-corrected chi connectivity index (χ2v) is 17.3. The minimum absolute atomic E-state index is 0.0267. The van der Waals surface area contributed by atoms with E-state index in [0.29, 0.717) is 106 Å². The van der Waals surface area contributed by atoms with Crippen molar-refractivity contribution in [3.8, 4) is 20.2 Å². The molecule has 3 heterocycles. The molecule has 0 aromatic carbocycles. The summed E-state index contributed by atoms with van der Waals surface area (Å²) in [5.41, 5.74) is 5.17. The molecule has 10 nitrogen and oxygen atoms in total. The molecular weight excluding hydrogens is 809 g/mol. The molecule has 3 aromatic heterocycles. The zero-order valence-corrected chi connectivity index (χ0v) is 38.6. The molecule has 0 atom stereocenters. The number of thiophene rings is 3. The van der Waals surface area contributed by atoms with E-state index in [1.807, 2.05) is 11.3 Å². The number of hydrogen-bond donors (Lipinski definition) is 2. The Labute approximate surface area is 367 Å². The van der Waals surface area contributed by atoms with Crippen LogP contribution in [0, 0.1) is 0 Å². The van der Waals surface area contributed by atoms with Crippen molar-refractivity contribution in [2.24, 2.45) is 0 Å². The molecule has 3 rings (SSSR count). The third-order valence-corrected chi connectivity index (χ3v) is 12.9. The molecule has 0 saturated heterocycles. The molecule has 0 aliphatic rings. The maximum atomic E-state index is 8.77. The predicted octanol–water partition coefficient (Wildman–Crippen LogP) is 10.3. The highest BCUT2D eigenvalue weighted by molar-refractivity contribution is 7.23. The van der Waals surface area contributed by atoms with Gasteiger partial charge in [0.1, 0.15) is 0 Å². The van der Waals surface area contributed by atoms with Crippen LogP contribution in [0.1, 0.15) is 114 Å². The van der Waals surface area contributed by atoms with Crippen LogP contribution < -0.4 is 0 Å². The third-order valence-electron chi connectivity index (χ3n) is 9.78. The first-order valence-corrected chi connectivity index (χ1v) is 25.0. The van der Waals surface area contributed by atoms with Crippen LogP contribution in [0.5, 0.6) is 0 Å². The number of hydrogen-bond acceptors (Lipinski definition) is 13. The molecule has 3 aromatic rings. The fourth-order valence-electron chi connectivity index (χ4n) is 6.58. The number of rotatable bonds is 43. The zero-order chi connectivity index (χ0) is 41.7. The second-order valence-electron chi connectivity index (χ2n) is 14.6. The van der Waals surface area contributed by atoms with Gasteiger partial charge in [-0.15, -0.1) is 22.7 Å². The van der Waals surface area contributed by atoms with Crippen molar-refractivity contribution < 1.29 is 48.1 Å². The highest BCUT2D eigenvalue weighted by Gasteiger charge is 2.19. The SMILES string of the molecule is CCCCCCCCCCCCCCCCc1cc(-c2sccc2COCCOCCOCCOCCO)sc1-c1cscc1COCCOCCOCCOCCO. The van der Waals surface area contributed by atoms with Gasteiger partial charge in [0.25, 0.3) is 0 Å². The monoisotopic (exact) mass is 884 g/mol. The summed E-state index contributed by atoms with van der Waals surface area (Å²) < 4.78 is 44.9. The van der Waals surface area contributed by atoms with Gasteiger partial charge in [-0.25, -0.2) is 0 Å². The van der Waals surface area contributed by atoms with E-state index in [4.69, 9.17) is 48.1 Å². The van der Waals surface area contributed by atoms with E-state index in [1.54, 1.807) is 22.7 Å². The van der Waals surface area contributed by atoms with Gasteiger partial charge in [-0.1, -0.05) is 90.4 Å². The third kappa shape index (κ3) is 24.8. The summed E-state index contributed by atoms with van der Waals surface area (Å²) in [6, 6.07) is 4.62. The molecule has 0 spiro atoms. The Morgan fingerprint density at radius 3 is 1.39 bits per heavy atom. The van der Waals surface area contributed by atoms with Gasteiger partial charge in [0.05, 0.1) is 119 Å². The van der Waals surface area contributed by atoms with Crippen LogP contribution in [0.3, 0.4) is 0 Å². The lowest BCUT2D eigenvalue weighted by molar-refractivity contribution is -0.00737. The molecule has 0 saturated carbocycles. The molecule has 0 radical (unpaired) electrons. The lowest BCUT2D eigenvalue weighted by Gasteiger charge is -2.09. The first kappa shape index (κ1) is 52.0. The van der Waals surface area contributed by atoms with Crippen LogP contribution in [-0.2, 0) is 57.5 Å². The summed E-state index contributed by atoms with van der Waals surface area (Å²) in [6.07, 6.45) is 20.2. The topological polar surface area (TPSA) is 114 Å². The molecule has 2 N–H and O–H groups in total. The Bertz CT molecular complexity index is 1360. The Hall–Kier alpha value is -1.30. The van der Waals surface area contributed by atoms with Crippen LogP contribution in [0.4, 0.5) is 0 Å². The summed E-state index contributed by atoms with van der Waals surface area (Å²) >= 11 is 5.43. The number of unbranched alkanes of at least 4 members (excludes halogenated alkanes) is 13. The van der Waals surface area contributed by atoms with Gasteiger partial charge in [0.15, 0.2) is 0 Å². The lowest BCUT2D eigenvalue weighted by Crippen LogP contribution is -2.12. The maximum absolute atomic E-state index is 8.77. The van der Waals surface area contributed by atoms with Crippen LogP contribution in [0.2, 0.25) is 0 Å². The van der Waals surface area contributed by atoms with Gasteiger partial charge in [-0.3, -0.25) is 0 Å². The van der Waals surface area contributed by atoms with Crippen molar-refractivity contribution in [2.45, 2.75) is 116 Å². The smallest absolute Gasteiger partial charge is 0.0732 e. The summed E-state index contributed by atoms with van der Waals surface area (Å²) in [6.45, 7) is 10.2. The van der Waals surface area contributed by atoms with E-state index in [0.717, 1.165) is 6.42 Å². The molecule has 0 aliphatic carbocycles. The predicted molar refractivity (Wildman–Crippen MR) is 243 cm³/mol. The molecular formula is C46H76O10S3. The van der Waals surface area contributed by atoms with Gasteiger partial charge in [-0.2, -0.15) is 11.3 Å². The summed E-state index contributed by atoms with van der Waals surface area (Å²) in [7, 11) is 0. The average Bonchev–Trinajstić information content (AvgIpc) is 4.02. The van der Waals surface area contributed by atoms with E-state index in [9.17, 15) is 0 Å². The standard InChI is InChI=1S/C46H76O10S3/c1-2-3-4-5-6-7-8-9-10-11-12-13-14-15-16-40-35-44(46-41(17-34-58-46)36-55-32-30-53-28-26-51-24-22-49-20-18-47)59-45(40)43-39-57-38-42(43)37-56-33-31-54-29-27-52-25-23-50-21-19-48/h17,34-35,38-39,47-48H,2-16,18-33,36-37H2,1H3. The lowest BCUT2D eigenvalue weighted by atomic mass is 10.0. The minimum atomic E-state index is 0.0267. The molecule has 59 heavy (non-hydrogen) atoms. The fraction of sp³-hybridized carbons (Fsp3) is 0.739. The number of ether oxygens (including phenoxy) is 8. The molecule has 0 unspecified atom stereocenters. The van der Waals surface area contributed by atoms with E-state index in [-0.39, 0.29) is 13.2 Å². The van der Waals surface area contributed by atoms with Crippen LogP contribution >= 0.6 is 34.0 Å². The van der Waals surface area contributed by atoms with Crippen molar-refractivity contribution in [1.82, 2.24) is 0 Å². The maximum Gasteiger partial charge on any atom is 0.0732 e. The summed E-state index contributed by atoms with van der Waals surface area (Å²) in [4.78, 5) is 3.95. The molecule has 338 valence electrons. The molecule has 0 aliphatic heterocycles. The molecule has 13 heteroatoms. The number of aliphatic hydroxyl groups excluding tert-OH is 2. The van der Waals surface area contributed by atoms with Crippen LogP contribution in [0.25, 0.3) is 20.2 Å². The first-order chi connectivity index (χ1) is 29.3. The van der Waals surface area contributed by atoms with Crippen LogP contribution in [0.15, 0.2) is 28.3 Å². The molecule has 0 amide bonds. The van der Waals surface area contributed by atoms with E-state index >= 15 is 0 Å². The fourth-order valence-corrected chi connectivity index (χ4v) is 9.81. The van der Waals surface area contributed by atoms with Gasteiger partial charge < -0.3 is 48.1 Å². The van der Waals surface area contributed by atoms with Gasteiger partial charge in [-0.05, 0) is 57.8 Å². The number of aliphatic hydroxyl groups is 2. The largest absolute Gasteiger partial charge is 0.394 e. The van der Waals surface area contributed by atoms with E-state index < -0.39 is 0 Å². The quantitative estimate of drug-likeness (QED) is 0.0533. The number of aryl methyl sites for hydroxylation is 1. The Morgan fingerprint density at radius 1 is 0.458 bits per heavy atom. The molecule has 0 bridgehead atoms. The van der Waals surface area contributed by atoms with Gasteiger partial charge in [0.2, 0.25) is 0 Å². The van der Waals surface area contributed by atoms with E-state index in [1.165, 1.54) is 127 Å². The Morgan fingerprint density at radius 2 is 0.898 bits per heavy atom. The molecule has 0 fully saturated rings.